The number of furan rings is 2. The van der Waals surface area contributed by atoms with Crippen LogP contribution < -0.4 is 0 Å². The average molecular weight is 746 g/mol. The molecule has 0 aliphatic carbocycles. The molecule has 7 aromatic carbocycles. The highest BCUT2D eigenvalue weighted by atomic mass is 16.3. The predicted molar refractivity (Wildman–Crippen MR) is 238 cm³/mol. The SMILES string of the molecule is C=Cc1oc2ccccc2c1-c1c(C)n(-c2c(-c3ccccc3)cc(-c3nc(-c4ccccc4)nc4c3oc3ccccc34)cc2-c2ccccc2)c2ccccc12. The van der Waals surface area contributed by atoms with Gasteiger partial charge in [0.25, 0.3) is 0 Å². The van der Waals surface area contributed by atoms with Crippen molar-refractivity contribution in [2.45, 2.75) is 6.92 Å². The average Bonchev–Trinajstić information content (AvgIpc) is 3.95. The summed E-state index contributed by atoms with van der Waals surface area (Å²) in [6.45, 7) is 6.39. The Bertz CT molecular complexity index is 3290. The van der Waals surface area contributed by atoms with E-state index in [0.717, 1.165) is 106 Å². The number of nitrogens with zero attached hydrogens (tertiary/aromatic N) is 3. The van der Waals surface area contributed by atoms with Gasteiger partial charge in [-0.3, -0.25) is 0 Å². The lowest BCUT2D eigenvalue weighted by atomic mass is 9.91. The Hall–Kier alpha value is -7.76. The number of benzene rings is 7. The van der Waals surface area contributed by atoms with E-state index >= 15 is 0 Å². The quantitative estimate of drug-likeness (QED) is 0.163. The molecule has 58 heavy (non-hydrogen) atoms. The van der Waals surface area contributed by atoms with E-state index in [0.29, 0.717) is 11.4 Å². The van der Waals surface area contributed by atoms with Crippen LogP contribution in [0, 0.1) is 6.92 Å². The molecule has 0 amide bonds. The molecule has 0 radical (unpaired) electrons. The van der Waals surface area contributed by atoms with Crippen LogP contribution in [0.15, 0.2) is 191 Å². The highest BCUT2D eigenvalue weighted by Gasteiger charge is 2.27. The molecule has 0 N–H and O–H groups in total. The minimum atomic E-state index is 0.642. The fourth-order valence-electron chi connectivity index (χ4n) is 8.63. The van der Waals surface area contributed by atoms with Crippen LogP contribution in [-0.2, 0) is 0 Å². The van der Waals surface area contributed by atoms with Crippen LogP contribution in [0.2, 0.25) is 0 Å². The first kappa shape index (κ1) is 33.6. The van der Waals surface area contributed by atoms with E-state index in [-0.39, 0.29) is 0 Å². The maximum absolute atomic E-state index is 6.67. The molecule has 11 rings (SSSR count). The monoisotopic (exact) mass is 745 g/mol. The van der Waals surface area contributed by atoms with Crippen LogP contribution >= 0.6 is 0 Å². The van der Waals surface area contributed by atoms with E-state index < -0.39 is 0 Å². The maximum atomic E-state index is 6.67. The molecule has 0 unspecified atom stereocenters. The lowest BCUT2D eigenvalue weighted by Gasteiger charge is -2.21. The molecule has 0 aliphatic rings. The van der Waals surface area contributed by atoms with Crippen molar-refractivity contribution in [1.82, 2.24) is 14.5 Å². The van der Waals surface area contributed by atoms with Gasteiger partial charge in [0.05, 0.1) is 11.2 Å². The Balaban J connectivity index is 1.28. The smallest absolute Gasteiger partial charge is 0.180 e. The summed E-state index contributed by atoms with van der Waals surface area (Å²) >= 11 is 0. The zero-order chi connectivity index (χ0) is 38.7. The topological polar surface area (TPSA) is 57.0 Å². The van der Waals surface area contributed by atoms with Crippen molar-refractivity contribution in [3.05, 3.63) is 194 Å². The predicted octanol–water partition coefficient (Wildman–Crippen LogP) is 14.4. The van der Waals surface area contributed by atoms with Gasteiger partial charge in [-0.15, -0.1) is 0 Å². The summed E-state index contributed by atoms with van der Waals surface area (Å²) < 4.78 is 15.5. The summed E-state index contributed by atoms with van der Waals surface area (Å²) in [4.78, 5) is 10.5. The van der Waals surface area contributed by atoms with Gasteiger partial charge in [-0.1, -0.05) is 146 Å². The van der Waals surface area contributed by atoms with Crippen molar-refractivity contribution in [3.8, 4) is 61.7 Å². The Morgan fingerprint density at radius 2 is 1.05 bits per heavy atom. The second-order valence-electron chi connectivity index (χ2n) is 14.5. The first-order valence-corrected chi connectivity index (χ1v) is 19.4. The first-order valence-electron chi connectivity index (χ1n) is 19.4. The third-order valence-corrected chi connectivity index (χ3v) is 11.2. The molecule has 0 saturated heterocycles. The molecule has 0 atom stereocenters. The van der Waals surface area contributed by atoms with Gasteiger partial charge < -0.3 is 13.4 Å². The summed E-state index contributed by atoms with van der Waals surface area (Å²) in [5.74, 6) is 1.39. The van der Waals surface area contributed by atoms with Gasteiger partial charge in [0.1, 0.15) is 28.1 Å². The summed E-state index contributed by atoms with van der Waals surface area (Å²) in [5.41, 5.74) is 15.3. The summed E-state index contributed by atoms with van der Waals surface area (Å²) in [6.07, 6.45) is 1.82. The number of hydrogen-bond acceptors (Lipinski definition) is 4. The van der Waals surface area contributed by atoms with E-state index in [2.05, 4.69) is 145 Å². The summed E-state index contributed by atoms with van der Waals surface area (Å²) in [7, 11) is 0. The van der Waals surface area contributed by atoms with Gasteiger partial charge in [0, 0.05) is 55.2 Å². The summed E-state index contributed by atoms with van der Waals surface area (Å²) in [5, 5.41) is 3.14. The molecule has 0 fully saturated rings. The van der Waals surface area contributed by atoms with Crippen LogP contribution in [0.5, 0.6) is 0 Å². The number of rotatable bonds is 7. The van der Waals surface area contributed by atoms with Crippen molar-refractivity contribution in [2.75, 3.05) is 0 Å². The van der Waals surface area contributed by atoms with Crippen LogP contribution in [0.3, 0.4) is 0 Å². The lowest BCUT2D eigenvalue weighted by Crippen LogP contribution is -2.04. The molecular formula is C53H35N3O2. The number of para-hydroxylation sites is 3. The van der Waals surface area contributed by atoms with Crippen LogP contribution in [0.1, 0.15) is 11.5 Å². The Kier molecular flexibility index (Phi) is 7.79. The summed E-state index contributed by atoms with van der Waals surface area (Å²) in [6, 6.07) is 61.0. The highest BCUT2D eigenvalue weighted by Crippen LogP contribution is 2.48. The molecule has 0 spiro atoms. The highest BCUT2D eigenvalue weighted by molar-refractivity contribution is 6.11. The Morgan fingerprint density at radius 1 is 0.517 bits per heavy atom. The number of hydrogen-bond donors (Lipinski definition) is 0. The molecule has 4 heterocycles. The third-order valence-electron chi connectivity index (χ3n) is 11.2. The zero-order valence-electron chi connectivity index (χ0n) is 31.7. The van der Waals surface area contributed by atoms with E-state index in [1.165, 1.54) is 0 Å². The molecule has 11 aromatic rings. The van der Waals surface area contributed by atoms with Gasteiger partial charge in [-0.2, -0.15) is 0 Å². The van der Waals surface area contributed by atoms with Gasteiger partial charge >= 0.3 is 0 Å². The van der Waals surface area contributed by atoms with E-state index in [4.69, 9.17) is 18.8 Å². The maximum Gasteiger partial charge on any atom is 0.180 e. The Labute approximate surface area is 334 Å². The molecule has 0 bridgehead atoms. The first-order chi connectivity index (χ1) is 28.7. The molecule has 0 saturated carbocycles. The van der Waals surface area contributed by atoms with Gasteiger partial charge in [-0.25, -0.2) is 9.97 Å². The van der Waals surface area contributed by atoms with E-state index in [1.54, 1.807) is 0 Å². The fourth-order valence-corrected chi connectivity index (χ4v) is 8.63. The van der Waals surface area contributed by atoms with E-state index in [9.17, 15) is 0 Å². The zero-order valence-corrected chi connectivity index (χ0v) is 31.7. The molecule has 5 heteroatoms. The van der Waals surface area contributed by atoms with Gasteiger partial charge in [0.2, 0.25) is 0 Å². The van der Waals surface area contributed by atoms with Gasteiger partial charge in [0.15, 0.2) is 11.4 Å². The third kappa shape index (κ3) is 5.25. The van der Waals surface area contributed by atoms with Crippen molar-refractivity contribution >= 4 is 50.0 Å². The van der Waals surface area contributed by atoms with Crippen molar-refractivity contribution in [3.63, 3.8) is 0 Å². The molecule has 0 aliphatic heterocycles. The largest absolute Gasteiger partial charge is 0.456 e. The number of fused-ring (bicyclic) bond motifs is 5. The second kappa shape index (κ2) is 13.5. The van der Waals surface area contributed by atoms with Gasteiger partial charge in [-0.05, 0) is 60.5 Å². The molecular weight excluding hydrogens is 711 g/mol. The van der Waals surface area contributed by atoms with Crippen LogP contribution in [0.4, 0.5) is 0 Å². The van der Waals surface area contributed by atoms with Crippen LogP contribution in [0.25, 0.3) is 112 Å². The van der Waals surface area contributed by atoms with Crippen LogP contribution in [-0.4, -0.2) is 14.5 Å². The van der Waals surface area contributed by atoms with Crippen molar-refractivity contribution in [2.24, 2.45) is 0 Å². The standard InChI is InChI=1S/C53H35N3O2/c1-3-44-48(39-26-14-17-29-45(39)57-44)47-33(2)56(43-28-16-13-25-38(43)47)51-41(34-19-7-4-8-20-34)31-37(32-42(51)35-21-9-5-10-22-35)49-52-50(40-27-15-18-30-46(40)58-52)55-53(54-49)36-23-11-6-12-24-36/h3-32H,1H2,2H3. The lowest BCUT2D eigenvalue weighted by molar-refractivity contribution is 0.605. The minimum Gasteiger partial charge on any atom is -0.456 e. The van der Waals surface area contributed by atoms with Crippen molar-refractivity contribution < 1.29 is 8.83 Å². The molecule has 274 valence electrons. The normalized spacial score (nSPS) is 11.6. The molecule has 5 nitrogen and oxygen atoms in total. The van der Waals surface area contributed by atoms with E-state index in [1.807, 2.05) is 54.6 Å². The molecule has 4 aromatic heterocycles. The fraction of sp³-hybridized carbons (Fsp3) is 0.0189. The van der Waals surface area contributed by atoms with Crippen molar-refractivity contribution in [1.29, 1.82) is 0 Å². The minimum absolute atomic E-state index is 0.642. The Morgan fingerprint density at radius 3 is 1.69 bits per heavy atom. The number of aromatic nitrogens is 3. The second-order valence-corrected chi connectivity index (χ2v) is 14.5.